The third-order valence-electron chi connectivity index (χ3n) is 3.51. The lowest BCUT2D eigenvalue weighted by molar-refractivity contribution is 0.610. The Kier molecular flexibility index (Phi) is 4.74. The van der Waals surface area contributed by atoms with E-state index in [1.807, 2.05) is 12.1 Å². The van der Waals surface area contributed by atoms with Gasteiger partial charge in [-0.05, 0) is 49.6 Å². The molecule has 0 saturated carbocycles. The predicted molar refractivity (Wildman–Crippen MR) is 83.0 cm³/mol. The molecule has 0 aliphatic heterocycles. The molecule has 0 amide bonds. The Morgan fingerprint density at radius 2 is 1.90 bits per heavy atom. The topological polar surface area (TPSA) is 38.0 Å². The van der Waals surface area contributed by atoms with Crippen molar-refractivity contribution >= 4 is 11.4 Å². The lowest BCUT2D eigenvalue weighted by Gasteiger charge is -2.17. The summed E-state index contributed by atoms with van der Waals surface area (Å²) >= 11 is 0. The molecule has 0 spiro atoms. The molecule has 0 fully saturated rings. The first kappa shape index (κ1) is 14.5. The third kappa shape index (κ3) is 2.99. The number of hydrogen-bond acceptors (Lipinski definition) is 2. The molecule has 0 atom stereocenters. The Labute approximate surface area is 119 Å². The van der Waals surface area contributed by atoms with E-state index >= 15 is 0 Å². The van der Waals surface area contributed by atoms with E-state index in [4.69, 9.17) is 5.73 Å². The minimum atomic E-state index is -0.202. The van der Waals surface area contributed by atoms with Gasteiger partial charge in [0.1, 0.15) is 5.82 Å². The van der Waals surface area contributed by atoms with Crippen molar-refractivity contribution in [3.05, 3.63) is 58.9 Å². The summed E-state index contributed by atoms with van der Waals surface area (Å²) in [5.41, 5.74) is 10.5. The molecule has 0 aromatic heterocycles. The fourth-order valence-electron chi connectivity index (χ4n) is 2.41. The number of aryl methyl sites for hydroxylation is 2. The molecule has 106 valence electrons. The lowest BCUT2D eigenvalue weighted by atomic mass is 10.0. The minimum absolute atomic E-state index is 0.202. The number of anilines is 2. The molecule has 0 aliphatic rings. The molecule has 20 heavy (non-hydrogen) atoms. The maximum atomic E-state index is 13.9. The van der Waals surface area contributed by atoms with Crippen molar-refractivity contribution in [3.8, 4) is 0 Å². The zero-order valence-corrected chi connectivity index (χ0v) is 12.0. The van der Waals surface area contributed by atoms with E-state index in [0.717, 1.165) is 23.4 Å². The van der Waals surface area contributed by atoms with Crippen molar-refractivity contribution in [1.82, 2.24) is 0 Å². The predicted octanol–water partition coefficient (Wildman–Crippen LogP) is 3.94. The monoisotopic (exact) mass is 272 g/mol. The minimum Gasteiger partial charge on any atom is -0.355 e. The number of halogens is 1. The Hall–Kier alpha value is -1.87. The summed E-state index contributed by atoms with van der Waals surface area (Å²) < 4.78 is 13.9. The van der Waals surface area contributed by atoms with Crippen LogP contribution in [0.2, 0.25) is 0 Å². The zero-order chi connectivity index (χ0) is 14.5. The molecule has 3 heteroatoms. The third-order valence-corrected chi connectivity index (χ3v) is 3.51. The smallest absolute Gasteiger partial charge is 0.128 e. The van der Waals surface area contributed by atoms with Crippen LogP contribution in [-0.4, -0.2) is 6.54 Å². The van der Waals surface area contributed by atoms with Gasteiger partial charge in [-0.3, -0.25) is 0 Å². The van der Waals surface area contributed by atoms with Crippen LogP contribution in [-0.2, 0) is 12.8 Å². The molecule has 0 unspecified atom stereocenters. The van der Waals surface area contributed by atoms with Crippen molar-refractivity contribution in [2.45, 2.75) is 26.7 Å². The number of nitrogens with one attached hydrogen (secondary N) is 1. The molecule has 2 nitrogen and oxygen atoms in total. The van der Waals surface area contributed by atoms with Crippen molar-refractivity contribution in [1.29, 1.82) is 0 Å². The van der Waals surface area contributed by atoms with E-state index in [9.17, 15) is 4.39 Å². The number of nitrogens with two attached hydrogens (primary N) is 1. The molecule has 0 bridgehead atoms. The Morgan fingerprint density at radius 3 is 2.60 bits per heavy atom. The number of hydrogen-bond donors (Lipinski definition) is 2. The highest BCUT2D eigenvalue weighted by atomic mass is 19.1. The van der Waals surface area contributed by atoms with Crippen LogP contribution in [0.4, 0.5) is 15.8 Å². The summed E-state index contributed by atoms with van der Waals surface area (Å²) in [6.07, 6.45) is 1.47. The van der Waals surface area contributed by atoms with Gasteiger partial charge in [-0.25, -0.2) is 4.39 Å². The normalized spacial score (nSPS) is 10.6. The van der Waals surface area contributed by atoms with Gasteiger partial charge in [0, 0.05) is 16.9 Å². The fourth-order valence-corrected chi connectivity index (χ4v) is 2.41. The Morgan fingerprint density at radius 1 is 1.15 bits per heavy atom. The van der Waals surface area contributed by atoms with Gasteiger partial charge in [-0.1, -0.05) is 31.2 Å². The first-order valence-corrected chi connectivity index (χ1v) is 7.00. The van der Waals surface area contributed by atoms with Crippen LogP contribution in [0, 0.1) is 12.7 Å². The molecule has 0 heterocycles. The van der Waals surface area contributed by atoms with Crippen molar-refractivity contribution in [2.24, 2.45) is 5.73 Å². The van der Waals surface area contributed by atoms with E-state index in [1.54, 1.807) is 6.07 Å². The SMILES string of the molecule is CCc1cccc(C)c1Nc1cccc(F)c1CCN. The molecule has 3 N–H and O–H groups in total. The van der Waals surface area contributed by atoms with Gasteiger partial charge in [0.2, 0.25) is 0 Å². The van der Waals surface area contributed by atoms with E-state index in [-0.39, 0.29) is 5.82 Å². The highest BCUT2D eigenvalue weighted by Gasteiger charge is 2.10. The summed E-state index contributed by atoms with van der Waals surface area (Å²) in [7, 11) is 0. The molecule has 0 radical (unpaired) electrons. The largest absolute Gasteiger partial charge is 0.355 e. The number of benzene rings is 2. The van der Waals surface area contributed by atoms with Gasteiger partial charge in [0.25, 0.3) is 0 Å². The maximum absolute atomic E-state index is 13.9. The van der Waals surface area contributed by atoms with Gasteiger partial charge >= 0.3 is 0 Å². The molecule has 2 aromatic rings. The van der Waals surface area contributed by atoms with E-state index < -0.39 is 0 Å². The van der Waals surface area contributed by atoms with E-state index in [2.05, 4.69) is 31.3 Å². The fraction of sp³-hybridized carbons (Fsp3) is 0.294. The quantitative estimate of drug-likeness (QED) is 0.865. The molecular weight excluding hydrogens is 251 g/mol. The number of rotatable bonds is 5. The van der Waals surface area contributed by atoms with Crippen LogP contribution in [0.3, 0.4) is 0 Å². The van der Waals surface area contributed by atoms with Crippen LogP contribution in [0.1, 0.15) is 23.6 Å². The summed E-state index contributed by atoms with van der Waals surface area (Å²) in [5, 5.41) is 3.39. The van der Waals surface area contributed by atoms with Gasteiger partial charge < -0.3 is 11.1 Å². The molecular formula is C17H21FN2. The standard InChI is InChI=1S/C17H21FN2/c1-3-13-7-4-6-12(2)17(13)20-16-9-5-8-15(18)14(16)10-11-19/h4-9,20H,3,10-11,19H2,1-2H3. The lowest BCUT2D eigenvalue weighted by Crippen LogP contribution is -2.08. The van der Waals surface area contributed by atoms with Gasteiger partial charge in [0.05, 0.1) is 0 Å². The average Bonchev–Trinajstić information content (AvgIpc) is 2.44. The van der Waals surface area contributed by atoms with E-state index in [1.165, 1.54) is 11.6 Å². The summed E-state index contributed by atoms with van der Waals surface area (Å²) in [6.45, 7) is 4.61. The second-order valence-electron chi connectivity index (χ2n) is 4.89. The highest BCUT2D eigenvalue weighted by Crippen LogP contribution is 2.28. The maximum Gasteiger partial charge on any atom is 0.128 e. The molecule has 2 rings (SSSR count). The van der Waals surface area contributed by atoms with Gasteiger partial charge in [0.15, 0.2) is 0 Å². The van der Waals surface area contributed by atoms with Gasteiger partial charge in [-0.15, -0.1) is 0 Å². The van der Waals surface area contributed by atoms with Crippen molar-refractivity contribution in [2.75, 3.05) is 11.9 Å². The zero-order valence-electron chi connectivity index (χ0n) is 12.0. The molecule has 2 aromatic carbocycles. The van der Waals surface area contributed by atoms with Crippen LogP contribution < -0.4 is 11.1 Å². The summed E-state index contributed by atoms with van der Waals surface area (Å²) in [4.78, 5) is 0. The van der Waals surface area contributed by atoms with E-state index in [0.29, 0.717) is 18.5 Å². The second-order valence-corrected chi connectivity index (χ2v) is 4.89. The van der Waals surface area contributed by atoms with Gasteiger partial charge in [-0.2, -0.15) is 0 Å². The van der Waals surface area contributed by atoms with Crippen LogP contribution in [0.5, 0.6) is 0 Å². The first-order chi connectivity index (χ1) is 9.67. The molecule has 0 aliphatic carbocycles. The second kappa shape index (κ2) is 6.53. The Bertz CT molecular complexity index is 594. The average molecular weight is 272 g/mol. The summed E-state index contributed by atoms with van der Waals surface area (Å²) in [5.74, 6) is -0.202. The number of para-hydroxylation sites is 1. The highest BCUT2D eigenvalue weighted by molar-refractivity contribution is 5.69. The first-order valence-electron chi connectivity index (χ1n) is 7.00. The Balaban J connectivity index is 2.42. The van der Waals surface area contributed by atoms with Crippen LogP contribution >= 0.6 is 0 Å². The van der Waals surface area contributed by atoms with Crippen molar-refractivity contribution < 1.29 is 4.39 Å². The van der Waals surface area contributed by atoms with Crippen LogP contribution in [0.15, 0.2) is 36.4 Å². The summed E-state index contributed by atoms with van der Waals surface area (Å²) in [6, 6.07) is 11.3. The molecule has 0 saturated heterocycles. The van der Waals surface area contributed by atoms with Crippen LogP contribution in [0.25, 0.3) is 0 Å². The van der Waals surface area contributed by atoms with Crippen molar-refractivity contribution in [3.63, 3.8) is 0 Å².